The van der Waals surface area contributed by atoms with E-state index in [0.717, 1.165) is 32.5 Å². The number of nitrogens with one attached hydrogen (secondary N) is 1. The quantitative estimate of drug-likeness (QED) is 0.617. The summed E-state index contributed by atoms with van der Waals surface area (Å²) in [5.74, 6) is -0.747. The average Bonchev–Trinajstić information content (AvgIpc) is 2.31. The summed E-state index contributed by atoms with van der Waals surface area (Å²) < 4.78 is 0. The Morgan fingerprint density at radius 3 is 2.29 bits per heavy atom. The molecular formula is C13H28N2O2. The first-order chi connectivity index (χ1) is 8.04. The minimum absolute atomic E-state index is 0.270. The fourth-order valence-corrected chi connectivity index (χ4v) is 1.95. The molecule has 0 fully saturated rings. The highest BCUT2D eigenvalue weighted by molar-refractivity contribution is 5.73. The van der Waals surface area contributed by atoms with Gasteiger partial charge in [0.1, 0.15) is 6.04 Å². The van der Waals surface area contributed by atoms with Crippen LogP contribution in [0, 0.1) is 0 Å². The van der Waals surface area contributed by atoms with E-state index in [4.69, 9.17) is 5.11 Å². The zero-order chi connectivity index (χ0) is 13.3. The molecule has 0 bridgehead atoms. The van der Waals surface area contributed by atoms with Crippen LogP contribution in [0.15, 0.2) is 0 Å². The highest BCUT2D eigenvalue weighted by Crippen LogP contribution is 2.02. The van der Waals surface area contributed by atoms with Crippen LogP contribution in [0.3, 0.4) is 0 Å². The van der Waals surface area contributed by atoms with Crippen LogP contribution >= 0.6 is 0 Å². The summed E-state index contributed by atoms with van der Waals surface area (Å²) in [5, 5.41) is 12.1. The number of carboxylic acid groups (broad SMARTS) is 1. The Balaban J connectivity index is 3.78. The molecule has 0 amide bonds. The normalized spacial score (nSPS) is 14.9. The molecule has 0 aromatic carbocycles. The van der Waals surface area contributed by atoms with Crippen LogP contribution in [0.4, 0.5) is 0 Å². The van der Waals surface area contributed by atoms with Crippen molar-refractivity contribution in [1.82, 2.24) is 10.2 Å². The molecule has 0 aliphatic heterocycles. The minimum Gasteiger partial charge on any atom is -0.480 e. The van der Waals surface area contributed by atoms with Crippen molar-refractivity contribution in [3.8, 4) is 0 Å². The van der Waals surface area contributed by atoms with Crippen molar-refractivity contribution in [3.63, 3.8) is 0 Å². The van der Waals surface area contributed by atoms with Gasteiger partial charge in [0.2, 0.25) is 0 Å². The van der Waals surface area contributed by atoms with Gasteiger partial charge in [0.15, 0.2) is 0 Å². The van der Waals surface area contributed by atoms with E-state index in [-0.39, 0.29) is 6.04 Å². The van der Waals surface area contributed by atoms with Crippen molar-refractivity contribution >= 4 is 5.97 Å². The molecule has 0 heterocycles. The molecule has 0 saturated carbocycles. The third-order valence-corrected chi connectivity index (χ3v) is 3.20. The number of hydrogen-bond acceptors (Lipinski definition) is 3. The van der Waals surface area contributed by atoms with Gasteiger partial charge in [0.05, 0.1) is 0 Å². The summed E-state index contributed by atoms with van der Waals surface area (Å²) >= 11 is 0. The first-order valence-electron chi connectivity index (χ1n) is 6.76. The van der Waals surface area contributed by atoms with Crippen LogP contribution < -0.4 is 5.32 Å². The lowest BCUT2D eigenvalue weighted by atomic mass is 10.1. The molecule has 0 aromatic heterocycles. The maximum absolute atomic E-state index is 10.9. The molecule has 4 heteroatoms. The lowest BCUT2D eigenvalue weighted by molar-refractivity contribution is -0.139. The Morgan fingerprint density at radius 2 is 1.88 bits per heavy atom. The van der Waals surface area contributed by atoms with Gasteiger partial charge in [-0.05, 0) is 45.8 Å². The van der Waals surface area contributed by atoms with Crippen LogP contribution in [0.5, 0.6) is 0 Å². The lowest BCUT2D eigenvalue weighted by Crippen LogP contribution is -2.41. The van der Waals surface area contributed by atoms with E-state index in [1.54, 1.807) is 0 Å². The second-order valence-corrected chi connectivity index (χ2v) is 4.54. The van der Waals surface area contributed by atoms with Gasteiger partial charge in [0.25, 0.3) is 0 Å². The van der Waals surface area contributed by atoms with E-state index in [9.17, 15) is 4.79 Å². The van der Waals surface area contributed by atoms with Gasteiger partial charge in [-0.15, -0.1) is 0 Å². The number of rotatable bonds is 10. The number of hydrogen-bond donors (Lipinski definition) is 2. The van der Waals surface area contributed by atoms with Gasteiger partial charge in [-0.1, -0.05) is 20.8 Å². The molecule has 17 heavy (non-hydrogen) atoms. The molecule has 102 valence electrons. The van der Waals surface area contributed by atoms with Crippen molar-refractivity contribution in [1.29, 1.82) is 0 Å². The number of aliphatic carboxylic acids is 1. The van der Waals surface area contributed by atoms with Gasteiger partial charge >= 0.3 is 5.97 Å². The lowest BCUT2D eigenvalue weighted by Gasteiger charge is -2.21. The Hall–Kier alpha value is -0.610. The van der Waals surface area contributed by atoms with E-state index in [1.807, 2.05) is 6.92 Å². The van der Waals surface area contributed by atoms with Crippen molar-refractivity contribution < 1.29 is 9.90 Å². The molecule has 2 unspecified atom stereocenters. The molecule has 4 nitrogen and oxygen atoms in total. The summed E-state index contributed by atoms with van der Waals surface area (Å²) in [6.07, 6.45) is 2.78. The largest absolute Gasteiger partial charge is 0.480 e. The fraction of sp³-hybridized carbons (Fsp3) is 0.923. The fourth-order valence-electron chi connectivity index (χ4n) is 1.95. The maximum Gasteiger partial charge on any atom is 0.320 e. The molecular weight excluding hydrogens is 216 g/mol. The summed E-state index contributed by atoms with van der Waals surface area (Å²) in [5.41, 5.74) is 0. The van der Waals surface area contributed by atoms with Crippen LogP contribution in [0.25, 0.3) is 0 Å². The highest BCUT2D eigenvalue weighted by Gasteiger charge is 2.16. The molecule has 0 aromatic rings. The Bertz CT molecular complexity index is 206. The molecule has 2 atom stereocenters. The monoisotopic (exact) mass is 244 g/mol. The number of nitrogens with zero attached hydrogens (tertiary/aromatic N) is 1. The summed E-state index contributed by atoms with van der Waals surface area (Å²) in [6.45, 7) is 11.6. The van der Waals surface area contributed by atoms with Crippen LogP contribution in [0.2, 0.25) is 0 Å². The number of carbonyl (C=O) groups is 1. The molecule has 2 N–H and O–H groups in total. The Labute approximate surface area is 105 Å². The van der Waals surface area contributed by atoms with Crippen LogP contribution in [-0.4, -0.2) is 47.7 Å². The average molecular weight is 244 g/mol. The van der Waals surface area contributed by atoms with E-state index in [1.165, 1.54) is 0 Å². The second-order valence-electron chi connectivity index (χ2n) is 4.54. The molecule has 0 spiro atoms. The van der Waals surface area contributed by atoms with Crippen molar-refractivity contribution in [2.45, 2.75) is 59.0 Å². The minimum atomic E-state index is -0.747. The van der Waals surface area contributed by atoms with Gasteiger partial charge in [-0.25, -0.2) is 0 Å². The molecule has 0 aliphatic rings. The molecule has 0 aliphatic carbocycles. The molecule has 0 radical (unpaired) electrons. The smallest absolute Gasteiger partial charge is 0.320 e. The zero-order valence-electron chi connectivity index (χ0n) is 11.7. The van der Waals surface area contributed by atoms with E-state index in [0.29, 0.717) is 6.42 Å². The van der Waals surface area contributed by atoms with Crippen molar-refractivity contribution in [2.75, 3.05) is 19.6 Å². The van der Waals surface area contributed by atoms with Crippen LogP contribution in [-0.2, 0) is 4.79 Å². The third-order valence-electron chi connectivity index (χ3n) is 3.20. The summed E-state index contributed by atoms with van der Waals surface area (Å²) in [7, 11) is 0. The van der Waals surface area contributed by atoms with Gasteiger partial charge in [-0.3, -0.25) is 4.79 Å². The molecule has 0 rings (SSSR count). The third kappa shape index (κ3) is 7.34. The van der Waals surface area contributed by atoms with Gasteiger partial charge < -0.3 is 15.3 Å². The van der Waals surface area contributed by atoms with Crippen molar-refractivity contribution in [3.05, 3.63) is 0 Å². The van der Waals surface area contributed by atoms with E-state index < -0.39 is 12.0 Å². The van der Waals surface area contributed by atoms with Crippen LogP contribution in [0.1, 0.15) is 47.0 Å². The summed E-state index contributed by atoms with van der Waals surface area (Å²) in [4.78, 5) is 13.3. The Kier molecular flexibility index (Phi) is 9.09. The van der Waals surface area contributed by atoms with Crippen molar-refractivity contribution in [2.24, 2.45) is 0 Å². The van der Waals surface area contributed by atoms with Gasteiger partial charge in [-0.2, -0.15) is 0 Å². The first-order valence-corrected chi connectivity index (χ1v) is 6.76. The maximum atomic E-state index is 10.9. The standard InChI is InChI=1S/C13H28N2O2/c1-5-12(13(16)17)14-11(4)9-8-10-15(6-2)7-3/h11-12,14H,5-10H2,1-4H3,(H,16,17). The Morgan fingerprint density at radius 1 is 1.29 bits per heavy atom. The molecule has 0 saturated heterocycles. The predicted molar refractivity (Wildman–Crippen MR) is 71.3 cm³/mol. The highest BCUT2D eigenvalue weighted by atomic mass is 16.4. The summed E-state index contributed by atoms with van der Waals surface area (Å²) in [6, 6.07) is -0.134. The number of carboxylic acids is 1. The SMILES string of the molecule is CCC(NC(C)CCCN(CC)CC)C(=O)O. The van der Waals surface area contributed by atoms with E-state index >= 15 is 0 Å². The first kappa shape index (κ1) is 16.4. The second kappa shape index (κ2) is 9.42. The predicted octanol–water partition coefficient (Wildman–Crippen LogP) is 1.95. The van der Waals surface area contributed by atoms with E-state index in [2.05, 4.69) is 31.0 Å². The zero-order valence-corrected chi connectivity index (χ0v) is 11.7. The topological polar surface area (TPSA) is 52.6 Å². The van der Waals surface area contributed by atoms with Gasteiger partial charge in [0, 0.05) is 6.04 Å².